The Morgan fingerprint density at radius 1 is 0.634 bits per heavy atom. The molecule has 0 saturated heterocycles. The van der Waals surface area contributed by atoms with Crippen molar-refractivity contribution in [2.45, 2.75) is 40.7 Å². The van der Waals surface area contributed by atoms with E-state index in [1.807, 2.05) is 0 Å². The van der Waals surface area contributed by atoms with Gasteiger partial charge in [-0.1, -0.05) is 0 Å². The predicted octanol–water partition coefficient (Wildman–Crippen LogP) is 2.95. The summed E-state index contributed by atoms with van der Waals surface area (Å²) in [4.78, 5) is 8.17. The number of halogens is 19. The Kier molecular flexibility index (Phi) is 10.7. The summed E-state index contributed by atoms with van der Waals surface area (Å²) in [5.74, 6) is -72.0. The first kappa shape index (κ1) is 39.0. The zero-order valence-corrected chi connectivity index (χ0v) is 20.9. The second-order valence-corrected chi connectivity index (χ2v) is 8.07. The number of ether oxygens (including phenoxy) is 1. The van der Waals surface area contributed by atoms with Gasteiger partial charge in [-0.3, -0.25) is 0 Å². The van der Waals surface area contributed by atoms with Gasteiger partial charge >= 0.3 is 71.3 Å². The zero-order valence-electron chi connectivity index (χ0n) is 18.1. The second kappa shape index (κ2) is 11.3. The fourth-order valence-corrected chi connectivity index (χ4v) is 2.85. The van der Waals surface area contributed by atoms with Crippen molar-refractivity contribution in [3.05, 3.63) is 34.9 Å². The van der Waals surface area contributed by atoms with Gasteiger partial charge in [0.2, 0.25) is 23.3 Å². The van der Waals surface area contributed by atoms with Crippen LogP contribution in [-0.4, -0.2) is 54.7 Å². The third kappa shape index (κ3) is 5.95. The van der Waals surface area contributed by atoms with Crippen LogP contribution in [0.4, 0.5) is 83.4 Å². The molecule has 0 aliphatic rings. The molecule has 0 aromatic heterocycles. The van der Waals surface area contributed by atoms with Crippen LogP contribution < -0.4 is 34.3 Å². The molecule has 0 saturated carbocycles. The van der Waals surface area contributed by atoms with Gasteiger partial charge in [-0.15, -0.1) is 0 Å². The number of hydrogen-bond donors (Lipinski definition) is 0. The number of allylic oxidation sites excluding steroid dienone is 1. The van der Waals surface area contributed by atoms with Gasteiger partial charge < -0.3 is 9.29 Å². The molecule has 0 bridgehead atoms. The minimum atomic E-state index is -8.69. The van der Waals surface area contributed by atoms with E-state index in [4.69, 9.17) is 0 Å². The van der Waals surface area contributed by atoms with Gasteiger partial charge in [0.1, 0.15) is 15.0 Å². The molecule has 1 aromatic rings. The van der Waals surface area contributed by atoms with E-state index < -0.39 is 97.4 Å². The number of benzene rings is 1. The van der Waals surface area contributed by atoms with Gasteiger partial charge in [0.05, 0.1) is 0 Å². The SMILES string of the molecule is O=C(Oc1c(F)c(F)c(F)c(F)c1S(=O)(=O)[O-])C(F)=C(F)C(F)(F)C(F)(F)C(F)(F)C(F)(F)C(F)(F)C(F)(F)F.[Na+]. The first-order chi connectivity index (χ1) is 17.4. The predicted molar refractivity (Wildman–Crippen MR) is 79.9 cm³/mol. The Morgan fingerprint density at radius 3 is 1.37 bits per heavy atom. The fourth-order valence-electron chi connectivity index (χ4n) is 2.18. The normalized spacial score (nSPS) is 14.8. The van der Waals surface area contributed by atoms with Crippen molar-refractivity contribution in [2.75, 3.05) is 0 Å². The maximum absolute atomic E-state index is 13.7. The van der Waals surface area contributed by atoms with Crippen LogP contribution in [-0.2, 0) is 14.9 Å². The van der Waals surface area contributed by atoms with E-state index in [0.717, 1.165) is 0 Å². The number of carbonyl (C=O) groups excluding carboxylic acids is 1. The molecule has 0 fully saturated rings. The Bertz CT molecular complexity index is 1350. The zero-order chi connectivity index (χ0) is 32.4. The molecule has 1 aromatic carbocycles. The molecule has 41 heavy (non-hydrogen) atoms. The molecule has 5 nitrogen and oxygen atoms in total. The van der Waals surface area contributed by atoms with Crippen molar-refractivity contribution in [1.82, 2.24) is 0 Å². The smallest absolute Gasteiger partial charge is 0.744 e. The first-order valence-corrected chi connectivity index (χ1v) is 9.82. The average molecular weight is 676 g/mol. The molecule has 0 aliphatic heterocycles. The third-order valence-corrected chi connectivity index (χ3v) is 5.07. The number of rotatable bonds is 8. The molecule has 0 atom stereocenters. The van der Waals surface area contributed by atoms with Crippen LogP contribution in [0.5, 0.6) is 5.75 Å². The maximum atomic E-state index is 13.7. The molecule has 0 amide bonds. The molecule has 0 spiro atoms. The van der Waals surface area contributed by atoms with E-state index >= 15 is 0 Å². The van der Waals surface area contributed by atoms with E-state index in [1.165, 1.54) is 0 Å². The van der Waals surface area contributed by atoms with E-state index in [1.54, 1.807) is 0 Å². The van der Waals surface area contributed by atoms with Gasteiger partial charge in [-0.2, -0.15) is 65.9 Å². The Hall–Kier alpha value is -1.99. The van der Waals surface area contributed by atoms with Crippen molar-refractivity contribution in [2.24, 2.45) is 0 Å². The summed E-state index contributed by atoms with van der Waals surface area (Å²) in [5.41, 5.74) is 0. The van der Waals surface area contributed by atoms with Crippen molar-refractivity contribution in [1.29, 1.82) is 0 Å². The monoisotopic (exact) mass is 676 g/mol. The van der Waals surface area contributed by atoms with Crippen molar-refractivity contribution in [3.8, 4) is 5.75 Å². The maximum Gasteiger partial charge on any atom is 1.00 e. The molecule has 0 radical (unpaired) electrons. The number of hydrogen-bond acceptors (Lipinski definition) is 5. The summed E-state index contributed by atoms with van der Waals surface area (Å²) in [7, 11) is -6.73. The standard InChI is InChI=1S/C15HF19O5S.Na/c16-1-2(17)4(19)7(40(36,37)38)6(3(1)18)39-9(35)5(20)8(21)10(22,23)11(24,25)12(26,27)13(28,29)14(30,31)15(32,33)34;/h(H,36,37,38);/q;+1/p-1. The molecular weight excluding hydrogens is 676 g/mol. The number of carbonyl (C=O) groups is 1. The molecular formula is C15F19NaO5S. The van der Waals surface area contributed by atoms with Crippen LogP contribution in [0.1, 0.15) is 0 Å². The Labute approximate surface area is 232 Å². The molecule has 0 N–H and O–H groups in total. The van der Waals surface area contributed by atoms with Gasteiger partial charge in [-0.25, -0.2) is 30.8 Å². The molecule has 0 unspecified atom stereocenters. The minimum absolute atomic E-state index is 0. The summed E-state index contributed by atoms with van der Waals surface area (Å²) in [6, 6.07) is 0. The van der Waals surface area contributed by atoms with Gasteiger partial charge in [-0.05, 0) is 0 Å². The van der Waals surface area contributed by atoms with Crippen molar-refractivity contribution >= 4 is 16.1 Å². The van der Waals surface area contributed by atoms with Crippen LogP contribution in [0, 0.1) is 23.3 Å². The Balaban J connectivity index is 0.0000160. The van der Waals surface area contributed by atoms with Gasteiger partial charge in [0.15, 0.2) is 17.4 Å². The number of esters is 1. The second-order valence-electron chi connectivity index (χ2n) is 6.76. The molecule has 0 heterocycles. The van der Waals surface area contributed by atoms with E-state index in [2.05, 4.69) is 4.74 Å². The summed E-state index contributed by atoms with van der Waals surface area (Å²) < 4.78 is 285. The summed E-state index contributed by atoms with van der Waals surface area (Å²) >= 11 is 0. The van der Waals surface area contributed by atoms with Crippen LogP contribution >= 0.6 is 0 Å². The Morgan fingerprint density at radius 2 is 1.00 bits per heavy atom. The van der Waals surface area contributed by atoms with Gasteiger partial charge in [0, 0.05) is 0 Å². The summed E-state index contributed by atoms with van der Waals surface area (Å²) in [5, 5.41) is 0. The van der Waals surface area contributed by atoms with Gasteiger partial charge in [0.25, 0.3) is 0 Å². The topological polar surface area (TPSA) is 83.5 Å². The van der Waals surface area contributed by atoms with E-state index in [9.17, 15) is 101 Å². The van der Waals surface area contributed by atoms with Crippen LogP contribution in [0.2, 0.25) is 0 Å². The quantitative estimate of drug-likeness (QED) is 0.0619. The molecule has 1 rings (SSSR count). The van der Waals surface area contributed by atoms with E-state index in [-0.39, 0.29) is 29.6 Å². The summed E-state index contributed by atoms with van der Waals surface area (Å²) in [6.07, 6.45) is -7.88. The third-order valence-electron chi connectivity index (χ3n) is 4.21. The molecule has 230 valence electrons. The number of alkyl halides is 13. The molecule has 26 heteroatoms. The van der Waals surface area contributed by atoms with Crippen LogP contribution in [0.25, 0.3) is 0 Å². The van der Waals surface area contributed by atoms with Crippen LogP contribution in [0.15, 0.2) is 16.5 Å². The van der Waals surface area contributed by atoms with Crippen molar-refractivity contribution < 1.29 is 135 Å². The average Bonchev–Trinajstić information content (AvgIpc) is 2.77. The summed E-state index contributed by atoms with van der Waals surface area (Å²) in [6.45, 7) is 0. The fraction of sp³-hybridized carbons (Fsp3) is 0.400. The first-order valence-electron chi connectivity index (χ1n) is 8.41. The van der Waals surface area contributed by atoms with Crippen molar-refractivity contribution in [3.63, 3.8) is 0 Å². The minimum Gasteiger partial charge on any atom is -0.744 e. The van der Waals surface area contributed by atoms with E-state index in [0.29, 0.717) is 0 Å². The largest absolute Gasteiger partial charge is 1.00 e. The van der Waals surface area contributed by atoms with Crippen LogP contribution in [0.3, 0.4) is 0 Å². The molecule has 0 aliphatic carbocycles.